The molecule has 4 rings (SSSR count). The molecule has 2 aromatic carbocycles. The number of hydrogen-bond donors (Lipinski definition) is 1. The topological polar surface area (TPSA) is 96.7 Å². The molecule has 0 saturated carbocycles. The molecule has 0 fully saturated rings. The molecule has 172 valence electrons. The number of hydrogen-bond acceptors (Lipinski definition) is 6. The molecule has 8 nitrogen and oxygen atoms in total. The van der Waals surface area contributed by atoms with Crippen molar-refractivity contribution in [1.29, 1.82) is 0 Å². The molecule has 1 amide bonds. The summed E-state index contributed by atoms with van der Waals surface area (Å²) in [6, 6.07) is 18.2. The highest BCUT2D eigenvalue weighted by atomic mass is 32.2. The van der Waals surface area contributed by atoms with Crippen molar-refractivity contribution in [2.45, 2.75) is 30.3 Å². The zero-order chi connectivity index (χ0) is 23.4. The summed E-state index contributed by atoms with van der Waals surface area (Å²) in [5.74, 6) is 0.380. The average molecular weight is 484 g/mol. The number of anilines is 1. The van der Waals surface area contributed by atoms with E-state index >= 15 is 0 Å². The summed E-state index contributed by atoms with van der Waals surface area (Å²) in [7, 11) is -3.52. The first-order valence-electron chi connectivity index (χ1n) is 10.7. The lowest BCUT2D eigenvalue weighted by Gasteiger charge is -2.18. The van der Waals surface area contributed by atoms with Crippen molar-refractivity contribution in [3.63, 3.8) is 0 Å². The van der Waals surface area contributed by atoms with Gasteiger partial charge >= 0.3 is 0 Å². The van der Waals surface area contributed by atoms with Gasteiger partial charge in [0.15, 0.2) is 10.8 Å². The van der Waals surface area contributed by atoms with Gasteiger partial charge in [0, 0.05) is 31.0 Å². The Morgan fingerprint density at radius 3 is 2.45 bits per heavy atom. The van der Waals surface area contributed by atoms with Crippen molar-refractivity contribution in [2.24, 2.45) is 0 Å². The molecule has 0 atom stereocenters. The number of aromatic nitrogens is 3. The second-order valence-electron chi connectivity index (χ2n) is 7.33. The van der Waals surface area contributed by atoms with E-state index in [-0.39, 0.29) is 17.2 Å². The van der Waals surface area contributed by atoms with Crippen molar-refractivity contribution >= 4 is 49.9 Å². The number of sulfonamides is 1. The molecule has 0 unspecified atom stereocenters. The minimum atomic E-state index is -3.52. The minimum absolute atomic E-state index is 0.152. The third-order valence-electron chi connectivity index (χ3n) is 5.29. The Balaban J connectivity index is 1.37. The number of nitrogens with zero attached hydrogens (tertiary/aromatic N) is 4. The number of rotatable bonds is 9. The van der Waals surface area contributed by atoms with E-state index in [1.807, 2.05) is 40.8 Å². The van der Waals surface area contributed by atoms with Crippen molar-refractivity contribution in [2.75, 3.05) is 24.2 Å². The van der Waals surface area contributed by atoms with Gasteiger partial charge in [-0.15, -0.1) is 10.2 Å². The zero-order valence-corrected chi connectivity index (χ0v) is 20.1. The molecule has 4 aromatic rings. The predicted molar refractivity (Wildman–Crippen MR) is 131 cm³/mol. The first kappa shape index (κ1) is 23.2. The Morgan fingerprint density at radius 2 is 1.73 bits per heavy atom. The Morgan fingerprint density at radius 1 is 1.00 bits per heavy atom. The average Bonchev–Trinajstić information content (AvgIpc) is 3.23. The van der Waals surface area contributed by atoms with Gasteiger partial charge in [-0.1, -0.05) is 43.8 Å². The quantitative estimate of drug-likeness (QED) is 0.361. The van der Waals surface area contributed by atoms with Crippen molar-refractivity contribution in [1.82, 2.24) is 18.9 Å². The molecular formula is C23H25N5O3S2. The normalized spacial score (nSPS) is 12.0. The third kappa shape index (κ3) is 4.87. The maximum atomic E-state index is 12.6. The largest absolute Gasteiger partial charge is 0.326 e. The second kappa shape index (κ2) is 9.90. The van der Waals surface area contributed by atoms with Gasteiger partial charge in [-0.25, -0.2) is 8.42 Å². The van der Waals surface area contributed by atoms with Crippen LogP contribution in [0.25, 0.3) is 16.6 Å². The first-order chi connectivity index (χ1) is 15.9. The van der Waals surface area contributed by atoms with Crippen LogP contribution in [0.4, 0.5) is 5.69 Å². The summed E-state index contributed by atoms with van der Waals surface area (Å²) < 4.78 is 28.6. The molecule has 1 N–H and O–H groups in total. The van der Waals surface area contributed by atoms with Crippen LogP contribution in [0.15, 0.2) is 70.7 Å². The summed E-state index contributed by atoms with van der Waals surface area (Å²) in [5.41, 5.74) is 2.34. The van der Waals surface area contributed by atoms with E-state index in [1.165, 1.54) is 28.2 Å². The van der Waals surface area contributed by atoms with Crippen LogP contribution in [0.2, 0.25) is 0 Å². The fraction of sp³-hybridized carbons (Fsp3) is 0.261. The van der Waals surface area contributed by atoms with E-state index < -0.39 is 10.0 Å². The molecule has 0 radical (unpaired) electrons. The minimum Gasteiger partial charge on any atom is -0.326 e. The molecule has 0 aliphatic carbocycles. The molecule has 0 aliphatic heterocycles. The standard InChI is InChI=1S/C23H25N5O3S2/c1-3-27(4-2)33(30,31)19-12-10-18(11-13-19)24-22(29)15-16-32-23-26-25-21-14-9-17-7-5-6-8-20(17)28(21)23/h5-14H,3-4,15-16H2,1-2H3,(H,24,29). The maximum absolute atomic E-state index is 12.6. The van der Waals surface area contributed by atoms with Crippen LogP contribution < -0.4 is 5.32 Å². The van der Waals surface area contributed by atoms with Crippen molar-refractivity contribution < 1.29 is 13.2 Å². The fourth-order valence-corrected chi connectivity index (χ4v) is 5.93. The van der Waals surface area contributed by atoms with Gasteiger partial charge in [0.2, 0.25) is 15.9 Å². The van der Waals surface area contributed by atoms with E-state index in [0.29, 0.717) is 24.5 Å². The number of para-hydroxylation sites is 1. The Labute approximate surface area is 197 Å². The molecule has 10 heteroatoms. The SMILES string of the molecule is CCN(CC)S(=O)(=O)c1ccc(NC(=O)CCSc2nnc3ccc4ccccc4n23)cc1. The van der Waals surface area contributed by atoms with Crippen molar-refractivity contribution in [3.8, 4) is 0 Å². The molecule has 0 aliphatic rings. The van der Waals surface area contributed by atoms with E-state index in [0.717, 1.165) is 21.7 Å². The van der Waals surface area contributed by atoms with Crippen LogP contribution in [-0.2, 0) is 14.8 Å². The van der Waals surface area contributed by atoms with Gasteiger partial charge < -0.3 is 5.32 Å². The highest BCUT2D eigenvalue weighted by Crippen LogP contribution is 2.24. The van der Waals surface area contributed by atoms with Crippen molar-refractivity contribution in [3.05, 3.63) is 60.7 Å². The lowest BCUT2D eigenvalue weighted by Crippen LogP contribution is -2.30. The molecule has 2 heterocycles. The maximum Gasteiger partial charge on any atom is 0.243 e. The summed E-state index contributed by atoms with van der Waals surface area (Å²) >= 11 is 1.47. The van der Waals surface area contributed by atoms with Gasteiger partial charge in [0.25, 0.3) is 0 Å². The van der Waals surface area contributed by atoms with Gasteiger partial charge in [-0.2, -0.15) is 4.31 Å². The van der Waals surface area contributed by atoms with Crippen LogP contribution >= 0.6 is 11.8 Å². The third-order valence-corrected chi connectivity index (χ3v) is 8.28. The number of nitrogens with one attached hydrogen (secondary N) is 1. The van der Waals surface area contributed by atoms with Gasteiger partial charge in [-0.05, 0) is 47.9 Å². The predicted octanol–water partition coefficient (Wildman–Crippen LogP) is 4.03. The number of amides is 1. The van der Waals surface area contributed by atoms with Gasteiger partial charge in [0.1, 0.15) is 0 Å². The molecule has 0 saturated heterocycles. The summed E-state index contributed by atoms with van der Waals surface area (Å²) in [5, 5.41) is 13.1. The molecule has 33 heavy (non-hydrogen) atoms. The smallest absolute Gasteiger partial charge is 0.243 e. The zero-order valence-electron chi connectivity index (χ0n) is 18.4. The van der Waals surface area contributed by atoms with Crippen LogP contribution in [-0.4, -0.2) is 52.1 Å². The van der Waals surface area contributed by atoms with E-state index in [1.54, 1.807) is 26.0 Å². The number of fused-ring (bicyclic) bond motifs is 3. The van der Waals surface area contributed by atoms with Crippen LogP contribution in [0.1, 0.15) is 20.3 Å². The highest BCUT2D eigenvalue weighted by Gasteiger charge is 2.21. The van der Waals surface area contributed by atoms with Crippen LogP contribution in [0.3, 0.4) is 0 Å². The van der Waals surface area contributed by atoms with Crippen LogP contribution in [0, 0.1) is 0 Å². The molecular weight excluding hydrogens is 458 g/mol. The first-order valence-corrected chi connectivity index (χ1v) is 13.1. The number of benzene rings is 2. The second-order valence-corrected chi connectivity index (χ2v) is 10.3. The van der Waals surface area contributed by atoms with Gasteiger partial charge in [-0.3, -0.25) is 9.20 Å². The number of pyridine rings is 1. The lowest BCUT2D eigenvalue weighted by molar-refractivity contribution is -0.115. The Hall–Kier alpha value is -2.95. The summed E-state index contributed by atoms with van der Waals surface area (Å²) in [6.45, 7) is 4.43. The molecule has 0 bridgehead atoms. The van der Waals surface area contributed by atoms with E-state index in [2.05, 4.69) is 15.5 Å². The molecule has 2 aromatic heterocycles. The van der Waals surface area contributed by atoms with E-state index in [9.17, 15) is 13.2 Å². The summed E-state index contributed by atoms with van der Waals surface area (Å²) in [6.07, 6.45) is 0.282. The molecule has 0 spiro atoms. The number of carbonyl (C=O) groups excluding carboxylic acids is 1. The van der Waals surface area contributed by atoms with Gasteiger partial charge in [0.05, 0.1) is 10.4 Å². The Bertz CT molecular complexity index is 1380. The van der Waals surface area contributed by atoms with E-state index in [4.69, 9.17) is 0 Å². The Kier molecular flexibility index (Phi) is 6.96. The van der Waals surface area contributed by atoms with Crippen LogP contribution in [0.5, 0.6) is 0 Å². The highest BCUT2D eigenvalue weighted by molar-refractivity contribution is 7.99. The number of thioether (sulfide) groups is 1. The number of carbonyl (C=O) groups is 1. The lowest BCUT2D eigenvalue weighted by atomic mass is 10.2. The fourth-order valence-electron chi connectivity index (χ4n) is 3.59. The monoisotopic (exact) mass is 483 g/mol. The summed E-state index contributed by atoms with van der Waals surface area (Å²) in [4.78, 5) is 12.6.